The SMILES string of the molecule is CNc1snnc1CSC1CCCC1. The predicted octanol–water partition coefficient (Wildman–Crippen LogP) is 2.76. The van der Waals surface area contributed by atoms with Gasteiger partial charge in [0.2, 0.25) is 0 Å². The average molecular weight is 229 g/mol. The van der Waals surface area contributed by atoms with Gasteiger partial charge in [-0.15, -0.1) is 5.10 Å². The number of hydrogen-bond acceptors (Lipinski definition) is 5. The fraction of sp³-hybridized carbons (Fsp3) is 0.778. The third kappa shape index (κ3) is 2.39. The van der Waals surface area contributed by atoms with Crippen molar-refractivity contribution in [3.8, 4) is 0 Å². The molecule has 0 bridgehead atoms. The van der Waals surface area contributed by atoms with Crippen molar-refractivity contribution in [2.45, 2.75) is 36.7 Å². The molecule has 0 amide bonds. The van der Waals surface area contributed by atoms with Gasteiger partial charge >= 0.3 is 0 Å². The number of rotatable bonds is 4. The van der Waals surface area contributed by atoms with Gasteiger partial charge in [-0.1, -0.05) is 17.3 Å². The van der Waals surface area contributed by atoms with Crippen LogP contribution in [0.25, 0.3) is 0 Å². The third-order valence-electron chi connectivity index (χ3n) is 2.54. The fourth-order valence-electron chi connectivity index (χ4n) is 1.74. The Labute approximate surface area is 92.8 Å². The van der Waals surface area contributed by atoms with Gasteiger partial charge in [-0.05, 0) is 12.8 Å². The van der Waals surface area contributed by atoms with E-state index in [0.29, 0.717) is 0 Å². The predicted molar refractivity (Wildman–Crippen MR) is 63.0 cm³/mol. The maximum Gasteiger partial charge on any atom is 0.133 e. The zero-order chi connectivity index (χ0) is 9.80. The van der Waals surface area contributed by atoms with Crippen LogP contribution in [0.4, 0.5) is 5.00 Å². The molecule has 1 aliphatic rings. The lowest BCUT2D eigenvalue weighted by molar-refractivity contribution is 0.886. The number of thioether (sulfide) groups is 1. The van der Waals surface area contributed by atoms with Crippen LogP contribution in [0.5, 0.6) is 0 Å². The lowest BCUT2D eigenvalue weighted by Crippen LogP contribution is -1.97. The normalized spacial score (nSPS) is 17.5. The largest absolute Gasteiger partial charge is 0.377 e. The van der Waals surface area contributed by atoms with Crippen LogP contribution in [0.3, 0.4) is 0 Å². The van der Waals surface area contributed by atoms with E-state index in [1.165, 1.54) is 37.2 Å². The van der Waals surface area contributed by atoms with Crippen LogP contribution < -0.4 is 5.32 Å². The zero-order valence-electron chi connectivity index (χ0n) is 8.32. The smallest absolute Gasteiger partial charge is 0.133 e. The molecule has 0 spiro atoms. The van der Waals surface area contributed by atoms with Gasteiger partial charge < -0.3 is 5.32 Å². The maximum absolute atomic E-state index is 4.13. The van der Waals surface area contributed by atoms with Gasteiger partial charge in [0.25, 0.3) is 0 Å². The van der Waals surface area contributed by atoms with Crippen molar-refractivity contribution in [1.82, 2.24) is 9.59 Å². The highest BCUT2D eigenvalue weighted by Crippen LogP contribution is 2.32. The Kier molecular flexibility index (Phi) is 3.64. The van der Waals surface area contributed by atoms with Crippen LogP contribution in [0.15, 0.2) is 0 Å². The Morgan fingerprint density at radius 1 is 1.50 bits per heavy atom. The molecule has 1 N–H and O–H groups in total. The number of nitrogens with one attached hydrogen (secondary N) is 1. The summed E-state index contributed by atoms with van der Waals surface area (Å²) in [5.41, 5.74) is 1.12. The lowest BCUT2D eigenvalue weighted by Gasteiger charge is -2.07. The van der Waals surface area contributed by atoms with Crippen molar-refractivity contribution in [3.63, 3.8) is 0 Å². The first kappa shape index (κ1) is 10.2. The summed E-state index contributed by atoms with van der Waals surface area (Å²) >= 11 is 3.48. The van der Waals surface area contributed by atoms with Crippen molar-refractivity contribution in [2.24, 2.45) is 0 Å². The fourth-order valence-corrected chi connectivity index (χ4v) is 3.63. The molecule has 3 nitrogen and oxygen atoms in total. The molecule has 0 radical (unpaired) electrons. The molecule has 0 atom stereocenters. The standard InChI is InChI=1S/C9H15N3S2/c1-10-9-8(11-12-14-9)6-13-7-4-2-3-5-7/h7,10H,2-6H2,1H3. The second-order valence-electron chi connectivity index (χ2n) is 3.52. The summed E-state index contributed by atoms with van der Waals surface area (Å²) in [6, 6.07) is 0. The molecule has 1 heterocycles. The molecule has 1 saturated carbocycles. The van der Waals surface area contributed by atoms with Crippen LogP contribution in [0, 0.1) is 0 Å². The topological polar surface area (TPSA) is 37.8 Å². The quantitative estimate of drug-likeness (QED) is 0.861. The summed E-state index contributed by atoms with van der Waals surface area (Å²) in [5, 5.41) is 9.25. The number of anilines is 1. The van der Waals surface area contributed by atoms with E-state index in [2.05, 4.69) is 14.9 Å². The minimum atomic E-state index is 0.862. The number of nitrogens with zero attached hydrogens (tertiary/aromatic N) is 2. The highest BCUT2D eigenvalue weighted by Gasteiger charge is 2.16. The first-order valence-corrected chi connectivity index (χ1v) is 6.83. The van der Waals surface area contributed by atoms with E-state index in [9.17, 15) is 0 Å². The molecular formula is C9H15N3S2. The third-order valence-corrected chi connectivity index (χ3v) is 4.71. The van der Waals surface area contributed by atoms with Gasteiger partial charge in [-0.25, -0.2) is 0 Å². The molecule has 2 rings (SSSR count). The minimum absolute atomic E-state index is 0.862. The number of aromatic nitrogens is 2. The van der Waals surface area contributed by atoms with Crippen LogP contribution in [-0.2, 0) is 5.75 Å². The van der Waals surface area contributed by atoms with Crippen molar-refractivity contribution < 1.29 is 0 Å². The van der Waals surface area contributed by atoms with E-state index >= 15 is 0 Å². The molecule has 1 aromatic rings. The molecule has 0 unspecified atom stereocenters. The molecule has 0 aliphatic heterocycles. The zero-order valence-corrected chi connectivity index (χ0v) is 9.96. The molecule has 1 fully saturated rings. The van der Waals surface area contributed by atoms with E-state index in [1.807, 2.05) is 18.8 Å². The van der Waals surface area contributed by atoms with E-state index in [0.717, 1.165) is 21.7 Å². The molecule has 14 heavy (non-hydrogen) atoms. The van der Waals surface area contributed by atoms with E-state index in [1.54, 1.807) is 0 Å². The molecule has 5 heteroatoms. The summed E-state index contributed by atoms with van der Waals surface area (Å²) in [7, 11) is 1.93. The van der Waals surface area contributed by atoms with Gasteiger partial charge in [-0.3, -0.25) is 0 Å². The van der Waals surface area contributed by atoms with Gasteiger partial charge in [-0.2, -0.15) is 11.8 Å². The monoisotopic (exact) mass is 229 g/mol. The summed E-state index contributed by atoms with van der Waals surface area (Å²) in [6.07, 6.45) is 5.59. The summed E-state index contributed by atoms with van der Waals surface area (Å²) in [4.78, 5) is 0. The first-order valence-electron chi connectivity index (χ1n) is 5.00. The van der Waals surface area contributed by atoms with E-state index in [4.69, 9.17) is 0 Å². The Morgan fingerprint density at radius 2 is 2.29 bits per heavy atom. The Bertz CT molecular complexity index is 281. The molecule has 0 saturated heterocycles. The molecule has 1 aromatic heterocycles. The Balaban J connectivity index is 1.84. The number of hydrogen-bond donors (Lipinski definition) is 1. The average Bonchev–Trinajstić information content (AvgIpc) is 2.85. The Hall–Kier alpha value is -0.290. The minimum Gasteiger partial charge on any atom is -0.377 e. The molecule has 78 valence electrons. The van der Waals surface area contributed by atoms with Crippen LogP contribution >= 0.6 is 23.3 Å². The second-order valence-corrected chi connectivity index (χ2v) is 5.56. The van der Waals surface area contributed by atoms with Gasteiger partial charge in [0.05, 0.1) is 0 Å². The molecule has 1 aliphatic carbocycles. The van der Waals surface area contributed by atoms with Gasteiger partial charge in [0.1, 0.15) is 10.7 Å². The first-order chi connectivity index (χ1) is 6.90. The van der Waals surface area contributed by atoms with Crippen LogP contribution in [0.1, 0.15) is 31.4 Å². The maximum atomic E-state index is 4.13. The van der Waals surface area contributed by atoms with Crippen molar-refractivity contribution in [2.75, 3.05) is 12.4 Å². The van der Waals surface area contributed by atoms with Crippen molar-refractivity contribution in [3.05, 3.63) is 5.69 Å². The van der Waals surface area contributed by atoms with Crippen LogP contribution in [-0.4, -0.2) is 21.9 Å². The van der Waals surface area contributed by atoms with E-state index in [-0.39, 0.29) is 0 Å². The summed E-state index contributed by atoms with van der Waals surface area (Å²) in [5.74, 6) is 1.01. The van der Waals surface area contributed by atoms with Gasteiger partial charge in [0.15, 0.2) is 0 Å². The molecule has 0 aromatic carbocycles. The lowest BCUT2D eigenvalue weighted by atomic mass is 10.4. The van der Waals surface area contributed by atoms with Crippen LogP contribution in [0.2, 0.25) is 0 Å². The van der Waals surface area contributed by atoms with Gasteiger partial charge in [0, 0.05) is 29.6 Å². The summed E-state index contributed by atoms with van der Waals surface area (Å²) in [6.45, 7) is 0. The molecular weight excluding hydrogens is 214 g/mol. The van der Waals surface area contributed by atoms with Crippen molar-refractivity contribution >= 4 is 28.3 Å². The Morgan fingerprint density at radius 3 is 3.00 bits per heavy atom. The second kappa shape index (κ2) is 4.98. The highest BCUT2D eigenvalue weighted by atomic mass is 32.2. The van der Waals surface area contributed by atoms with E-state index < -0.39 is 0 Å². The van der Waals surface area contributed by atoms with Crippen molar-refractivity contribution in [1.29, 1.82) is 0 Å². The highest BCUT2D eigenvalue weighted by molar-refractivity contribution is 7.99. The summed E-state index contributed by atoms with van der Waals surface area (Å²) < 4.78 is 3.95.